The predicted octanol–water partition coefficient (Wildman–Crippen LogP) is 2.19. The number of halogens is 1. The van der Waals surface area contributed by atoms with E-state index in [-0.39, 0.29) is 24.2 Å². The molecule has 130 valence electrons. The molecule has 0 radical (unpaired) electrons. The number of thioether (sulfide) groups is 1. The van der Waals surface area contributed by atoms with Crippen LogP contribution in [0.25, 0.3) is 11.4 Å². The summed E-state index contributed by atoms with van der Waals surface area (Å²) in [6.07, 6.45) is 1.24. The second-order valence-corrected chi connectivity index (χ2v) is 7.26. The Morgan fingerprint density at radius 3 is 2.88 bits per heavy atom. The zero-order valence-corrected chi connectivity index (χ0v) is 14.0. The minimum atomic E-state index is -0.798. The molecule has 1 aromatic heterocycles. The Morgan fingerprint density at radius 1 is 1.32 bits per heavy atom. The monoisotopic (exact) mass is 362 g/mol. The molecular weight excluding hydrogens is 347 g/mol. The van der Waals surface area contributed by atoms with Crippen molar-refractivity contribution in [2.45, 2.75) is 24.9 Å². The molecule has 0 bridgehead atoms. The highest BCUT2D eigenvalue weighted by Crippen LogP contribution is 2.33. The topological polar surface area (TPSA) is 88.3 Å². The molecule has 25 heavy (non-hydrogen) atoms. The molecule has 9 heteroatoms. The van der Waals surface area contributed by atoms with E-state index in [0.29, 0.717) is 18.4 Å². The average Bonchev–Trinajstić information content (AvgIpc) is 3.16. The van der Waals surface area contributed by atoms with Gasteiger partial charge in [0.15, 0.2) is 0 Å². The summed E-state index contributed by atoms with van der Waals surface area (Å²) < 4.78 is 18.4. The van der Waals surface area contributed by atoms with Crippen LogP contribution < -0.4 is 5.32 Å². The average molecular weight is 362 g/mol. The van der Waals surface area contributed by atoms with Gasteiger partial charge in [-0.25, -0.2) is 9.18 Å². The molecule has 2 aliphatic rings. The Balaban J connectivity index is 1.53. The van der Waals surface area contributed by atoms with E-state index in [2.05, 4.69) is 15.5 Å². The van der Waals surface area contributed by atoms with Gasteiger partial charge in [-0.2, -0.15) is 16.7 Å². The Labute approximate surface area is 147 Å². The lowest BCUT2D eigenvalue weighted by Crippen LogP contribution is -2.49. The first-order chi connectivity index (χ1) is 12.1. The maximum atomic E-state index is 13.3. The van der Waals surface area contributed by atoms with Gasteiger partial charge in [0.2, 0.25) is 11.7 Å². The third-order valence-electron chi connectivity index (χ3n) is 4.44. The molecule has 2 aliphatic heterocycles. The minimum absolute atomic E-state index is 0.0954. The van der Waals surface area contributed by atoms with Crippen LogP contribution >= 0.6 is 11.8 Å². The van der Waals surface area contributed by atoms with Crippen LogP contribution in [0.3, 0.4) is 0 Å². The first-order valence-corrected chi connectivity index (χ1v) is 9.03. The Kier molecular flexibility index (Phi) is 3.95. The van der Waals surface area contributed by atoms with Crippen LogP contribution in [0.1, 0.15) is 18.7 Å². The highest BCUT2D eigenvalue weighted by Gasteiger charge is 2.51. The predicted molar refractivity (Wildman–Crippen MR) is 88.1 cm³/mol. The number of aromatic nitrogens is 2. The summed E-state index contributed by atoms with van der Waals surface area (Å²) in [5.74, 6) is 1.36. The van der Waals surface area contributed by atoms with Crippen molar-refractivity contribution in [3.63, 3.8) is 0 Å². The van der Waals surface area contributed by atoms with Crippen molar-refractivity contribution in [2.24, 2.45) is 0 Å². The molecular formula is C16H15FN4O3S. The van der Waals surface area contributed by atoms with Crippen molar-refractivity contribution in [3.05, 3.63) is 36.0 Å². The molecule has 3 heterocycles. The SMILES string of the molecule is O=C1NC2(CCSCC2)C(=O)N1Cc1nc(-c2cccc(F)c2)no1. The fraction of sp³-hybridized carbons (Fsp3) is 0.375. The lowest BCUT2D eigenvalue weighted by Gasteiger charge is -2.30. The first kappa shape index (κ1) is 16.1. The number of nitrogens with zero attached hydrogens (tertiary/aromatic N) is 3. The normalized spacial score (nSPS) is 19.5. The van der Waals surface area contributed by atoms with Gasteiger partial charge in [0.25, 0.3) is 5.91 Å². The van der Waals surface area contributed by atoms with Crippen LogP contribution in [-0.4, -0.2) is 44.0 Å². The Hall–Kier alpha value is -2.42. The highest BCUT2D eigenvalue weighted by molar-refractivity contribution is 7.99. The molecule has 1 N–H and O–H groups in total. The summed E-state index contributed by atoms with van der Waals surface area (Å²) in [5, 5.41) is 6.62. The molecule has 1 spiro atoms. The van der Waals surface area contributed by atoms with E-state index >= 15 is 0 Å². The first-order valence-electron chi connectivity index (χ1n) is 7.88. The number of amides is 3. The van der Waals surface area contributed by atoms with Crippen molar-refractivity contribution in [3.8, 4) is 11.4 Å². The van der Waals surface area contributed by atoms with Gasteiger partial charge in [-0.3, -0.25) is 9.69 Å². The zero-order chi connectivity index (χ0) is 17.4. The molecule has 0 atom stereocenters. The van der Waals surface area contributed by atoms with Crippen LogP contribution in [0.5, 0.6) is 0 Å². The Morgan fingerprint density at radius 2 is 2.12 bits per heavy atom. The zero-order valence-electron chi connectivity index (χ0n) is 13.2. The fourth-order valence-electron chi connectivity index (χ4n) is 3.08. The lowest BCUT2D eigenvalue weighted by molar-refractivity contribution is -0.132. The summed E-state index contributed by atoms with van der Waals surface area (Å²) in [7, 11) is 0. The van der Waals surface area contributed by atoms with Crippen molar-refractivity contribution in [2.75, 3.05) is 11.5 Å². The van der Waals surface area contributed by atoms with E-state index < -0.39 is 17.4 Å². The maximum Gasteiger partial charge on any atom is 0.325 e. The number of nitrogens with one attached hydrogen (secondary N) is 1. The van der Waals surface area contributed by atoms with Crippen molar-refractivity contribution in [1.82, 2.24) is 20.4 Å². The molecule has 0 saturated carbocycles. The second-order valence-electron chi connectivity index (χ2n) is 6.04. The van der Waals surface area contributed by atoms with E-state index in [9.17, 15) is 14.0 Å². The van der Waals surface area contributed by atoms with Crippen LogP contribution in [0.4, 0.5) is 9.18 Å². The minimum Gasteiger partial charge on any atom is -0.337 e. The van der Waals surface area contributed by atoms with Crippen LogP contribution in [0.2, 0.25) is 0 Å². The number of hydrogen-bond donors (Lipinski definition) is 1. The second kappa shape index (κ2) is 6.14. The largest absolute Gasteiger partial charge is 0.337 e. The van der Waals surface area contributed by atoms with Gasteiger partial charge in [0.05, 0.1) is 0 Å². The Bertz CT molecular complexity index is 834. The van der Waals surface area contributed by atoms with E-state index in [1.807, 2.05) is 0 Å². The standard InChI is InChI=1S/C16H15FN4O3S/c17-11-3-1-2-10(8-11)13-18-12(24-20-13)9-21-14(22)16(19-15(21)23)4-6-25-7-5-16/h1-3,8H,4-7,9H2,(H,19,23). The van der Waals surface area contributed by atoms with Crippen LogP contribution in [0.15, 0.2) is 28.8 Å². The third kappa shape index (κ3) is 2.88. The van der Waals surface area contributed by atoms with E-state index in [1.54, 1.807) is 23.9 Å². The number of hydrogen-bond acceptors (Lipinski definition) is 6. The van der Waals surface area contributed by atoms with Gasteiger partial charge in [-0.05, 0) is 36.5 Å². The quantitative estimate of drug-likeness (QED) is 0.842. The van der Waals surface area contributed by atoms with Gasteiger partial charge in [0.1, 0.15) is 17.9 Å². The third-order valence-corrected chi connectivity index (χ3v) is 5.42. The number of carbonyl (C=O) groups excluding carboxylic acids is 2. The molecule has 2 fully saturated rings. The smallest absolute Gasteiger partial charge is 0.325 e. The number of urea groups is 1. The molecule has 0 aliphatic carbocycles. The lowest BCUT2D eigenvalue weighted by atomic mass is 9.92. The van der Waals surface area contributed by atoms with E-state index in [0.717, 1.165) is 16.4 Å². The highest BCUT2D eigenvalue weighted by atomic mass is 32.2. The van der Waals surface area contributed by atoms with Crippen molar-refractivity contribution < 1.29 is 18.5 Å². The van der Waals surface area contributed by atoms with Gasteiger partial charge in [0, 0.05) is 5.56 Å². The fourth-order valence-corrected chi connectivity index (χ4v) is 4.27. The summed E-state index contributed by atoms with van der Waals surface area (Å²) in [4.78, 5) is 30.2. The molecule has 7 nitrogen and oxygen atoms in total. The van der Waals surface area contributed by atoms with Gasteiger partial charge >= 0.3 is 6.03 Å². The molecule has 2 saturated heterocycles. The van der Waals surface area contributed by atoms with Crippen molar-refractivity contribution >= 4 is 23.7 Å². The maximum absolute atomic E-state index is 13.3. The van der Waals surface area contributed by atoms with E-state index in [4.69, 9.17) is 4.52 Å². The summed E-state index contributed by atoms with van der Waals surface area (Å²) >= 11 is 1.77. The summed E-state index contributed by atoms with van der Waals surface area (Å²) in [6, 6.07) is 5.36. The van der Waals surface area contributed by atoms with E-state index in [1.165, 1.54) is 12.1 Å². The molecule has 2 aromatic rings. The van der Waals surface area contributed by atoms with Crippen LogP contribution in [-0.2, 0) is 11.3 Å². The van der Waals surface area contributed by atoms with Gasteiger partial charge in [-0.1, -0.05) is 17.3 Å². The van der Waals surface area contributed by atoms with Crippen molar-refractivity contribution in [1.29, 1.82) is 0 Å². The summed E-state index contributed by atoms with van der Waals surface area (Å²) in [6.45, 7) is -0.0954. The number of benzene rings is 1. The number of rotatable bonds is 3. The molecule has 4 rings (SSSR count). The van der Waals surface area contributed by atoms with Gasteiger partial charge in [-0.15, -0.1) is 0 Å². The van der Waals surface area contributed by atoms with Gasteiger partial charge < -0.3 is 9.84 Å². The molecule has 3 amide bonds. The molecule has 0 unspecified atom stereocenters. The number of imide groups is 1. The number of carbonyl (C=O) groups is 2. The van der Waals surface area contributed by atoms with Crippen LogP contribution in [0, 0.1) is 5.82 Å². The molecule has 1 aromatic carbocycles. The summed E-state index contributed by atoms with van der Waals surface area (Å²) in [5.41, 5.74) is -0.332.